The Bertz CT molecular complexity index is 1590. The summed E-state index contributed by atoms with van der Waals surface area (Å²) in [7, 11) is 1.58. The number of nitrogens with zero attached hydrogens (tertiary/aromatic N) is 1. The lowest BCUT2D eigenvalue weighted by Crippen LogP contribution is -2.30. The first-order valence-corrected chi connectivity index (χ1v) is 15.8. The maximum Gasteiger partial charge on any atom is 0.341 e. The topological polar surface area (TPSA) is 97.0 Å². The first-order chi connectivity index (χ1) is 20.9. The van der Waals surface area contributed by atoms with Crippen LogP contribution >= 0.6 is 23.1 Å². The Morgan fingerprint density at radius 2 is 1.77 bits per heavy atom. The number of methoxy groups -OCH3 is 1. The van der Waals surface area contributed by atoms with Gasteiger partial charge in [-0.2, -0.15) is 0 Å². The summed E-state index contributed by atoms with van der Waals surface area (Å²) in [5.74, 6) is -0.0444. The van der Waals surface area contributed by atoms with E-state index in [9.17, 15) is 14.4 Å². The summed E-state index contributed by atoms with van der Waals surface area (Å²) < 4.78 is 10.5. The molecule has 43 heavy (non-hydrogen) atoms. The monoisotopic (exact) mass is 615 g/mol. The van der Waals surface area contributed by atoms with Gasteiger partial charge in [0.2, 0.25) is 5.91 Å². The van der Waals surface area contributed by atoms with E-state index in [1.165, 1.54) is 28.7 Å². The van der Waals surface area contributed by atoms with Crippen molar-refractivity contribution in [3.05, 3.63) is 106 Å². The van der Waals surface area contributed by atoms with Gasteiger partial charge in [0.1, 0.15) is 10.8 Å². The molecule has 1 aliphatic heterocycles. The van der Waals surface area contributed by atoms with Gasteiger partial charge in [-0.25, -0.2) is 4.79 Å². The van der Waals surface area contributed by atoms with Crippen LogP contribution in [0, 0.1) is 0 Å². The summed E-state index contributed by atoms with van der Waals surface area (Å²) in [5.41, 5.74) is 3.82. The largest absolute Gasteiger partial charge is 0.497 e. The minimum absolute atomic E-state index is 0.140. The number of esters is 1. The van der Waals surface area contributed by atoms with Crippen LogP contribution in [0.1, 0.15) is 43.6 Å². The molecule has 0 spiro atoms. The fourth-order valence-electron chi connectivity index (χ4n) is 4.86. The van der Waals surface area contributed by atoms with Crippen molar-refractivity contribution < 1.29 is 23.9 Å². The fraction of sp³-hybridized carbons (Fsp3) is 0.242. The molecule has 222 valence electrons. The number of rotatable bonds is 11. The van der Waals surface area contributed by atoms with Gasteiger partial charge < -0.3 is 20.1 Å². The molecule has 8 nitrogen and oxygen atoms in total. The van der Waals surface area contributed by atoms with E-state index in [2.05, 4.69) is 27.7 Å². The molecule has 0 atom stereocenters. The zero-order chi connectivity index (χ0) is 30.2. The Morgan fingerprint density at radius 1 is 0.977 bits per heavy atom. The lowest BCUT2D eigenvalue weighted by atomic mass is 10.0. The Labute approximate surface area is 259 Å². The molecule has 2 N–H and O–H groups in total. The average Bonchev–Trinajstić information content (AvgIpc) is 3.38. The summed E-state index contributed by atoms with van der Waals surface area (Å²) in [6.07, 6.45) is 0.715. The Morgan fingerprint density at radius 3 is 2.51 bits per heavy atom. The summed E-state index contributed by atoms with van der Waals surface area (Å²) in [6, 6.07) is 24.5. The molecule has 10 heteroatoms. The molecular formula is C33H33N3O5S2. The number of benzene rings is 3. The number of ether oxygens (including phenoxy) is 2. The normalized spacial score (nSPS) is 12.7. The number of fused-ring (bicyclic) bond motifs is 1. The fourth-order valence-corrected chi connectivity index (χ4v) is 6.91. The van der Waals surface area contributed by atoms with Crippen LogP contribution < -0.4 is 15.4 Å². The van der Waals surface area contributed by atoms with E-state index < -0.39 is 5.97 Å². The highest BCUT2D eigenvalue weighted by molar-refractivity contribution is 8.00. The highest BCUT2D eigenvalue weighted by Gasteiger charge is 2.29. The Balaban J connectivity index is 1.22. The van der Waals surface area contributed by atoms with Crippen LogP contribution in [0.5, 0.6) is 5.75 Å². The van der Waals surface area contributed by atoms with Gasteiger partial charge in [0.05, 0.1) is 25.0 Å². The van der Waals surface area contributed by atoms with Gasteiger partial charge in [-0.05, 0) is 66.9 Å². The number of carbonyl (C=O) groups is 3. The molecule has 4 aromatic rings. The summed E-state index contributed by atoms with van der Waals surface area (Å²) in [4.78, 5) is 43.0. The van der Waals surface area contributed by atoms with E-state index in [1.807, 2.05) is 36.4 Å². The molecule has 0 bridgehead atoms. The van der Waals surface area contributed by atoms with Gasteiger partial charge in [-0.15, -0.1) is 23.1 Å². The van der Waals surface area contributed by atoms with Crippen molar-refractivity contribution in [3.8, 4) is 5.75 Å². The molecule has 0 radical (unpaired) electrons. The van der Waals surface area contributed by atoms with Gasteiger partial charge in [-0.3, -0.25) is 14.5 Å². The van der Waals surface area contributed by atoms with E-state index >= 15 is 0 Å². The molecule has 0 saturated heterocycles. The first kappa shape index (κ1) is 30.3. The average molecular weight is 616 g/mol. The Kier molecular flexibility index (Phi) is 10.1. The number of thioether (sulfide) groups is 1. The number of thiophene rings is 1. The molecule has 0 unspecified atom stereocenters. The van der Waals surface area contributed by atoms with Gasteiger partial charge >= 0.3 is 5.97 Å². The second-order valence-electron chi connectivity index (χ2n) is 9.92. The Hall–Kier alpha value is -4.12. The molecular weight excluding hydrogens is 583 g/mol. The van der Waals surface area contributed by atoms with Crippen molar-refractivity contribution in [2.24, 2.45) is 0 Å². The van der Waals surface area contributed by atoms with Crippen LogP contribution in [-0.2, 0) is 29.0 Å². The van der Waals surface area contributed by atoms with Crippen LogP contribution in [0.25, 0.3) is 0 Å². The third-order valence-electron chi connectivity index (χ3n) is 6.93. The predicted molar refractivity (Wildman–Crippen MR) is 171 cm³/mol. The zero-order valence-electron chi connectivity index (χ0n) is 24.1. The van der Waals surface area contributed by atoms with E-state index in [-0.39, 0.29) is 24.2 Å². The number of amides is 2. The van der Waals surface area contributed by atoms with E-state index in [0.717, 1.165) is 28.4 Å². The molecule has 1 aromatic heterocycles. The standard InChI is InChI=1S/C33H33N3O5S2/c1-3-41-33(39)30-27-16-17-36(19-22-8-5-4-6-9-22)20-28(27)43-32(30)35-29(37)21-42-26-11-7-10-24(18-26)34-31(38)23-12-14-25(40-2)15-13-23/h4-15,18H,3,16-17,19-21H2,1-2H3,(H,34,38)(H,35,37). The highest BCUT2D eigenvalue weighted by Crippen LogP contribution is 2.38. The lowest BCUT2D eigenvalue weighted by molar-refractivity contribution is -0.113. The van der Waals surface area contributed by atoms with Crippen molar-refractivity contribution in [2.75, 3.05) is 36.6 Å². The maximum absolute atomic E-state index is 13.1. The molecule has 0 aliphatic carbocycles. The molecule has 0 fully saturated rings. The minimum atomic E-state index is -0.403. The SMILES string of the molecule is CCOC(=O)c1c(NC(=O)CSc2cccc(NC(=O)c3ccc(OC)cc3)c2)sc2c1CCN(Cc1ccccc1)C2. The van der Waals surface area contributed by atoms with Crippen LogP contribution in [0.4, 0.5) is 10.7 Å². The van der Waals surface area contributed by atoms with Crippen LogP contribution in [0.15, 0.2) is 83.8 Å². The smallest absolute Gasteiger partial charge is 0.341 e. The number of anilines is 2. The summed E-state index contributed by atoms with van der Waals surface area (Å²) >= 11 is 2.80. The summed E-state index contributed by atoms with van der Waals surface area (Å²) in [6.45, 7) is 4.39. The third kappa shape index (κ3) is 7.84. The lowest BCUT2D eigenvalue weighted by Gasteiger charge is -2.27. The van der Waals surface area contributed by atoms with Crippen molar-refractivity contribution in [1.29, 1.82) is 0 Å². The molecule has 3 aromatic carbocycles. The van der Waals surface area contributed by atoms with Gasteiger partial charge in [-0.1, -0.05) is 36.4 Å². The second kappa shape index (κ2) is 14.4. The first-order valence-electron chi connectivity index (χ1n) is 14.0. The minimum Gasteiger partial charge on any atom is -0.497 e. The zero-order valence-corrected chi connectivity index (χ0v) is 25.7. The van der Waals surface area contributed by atoms with Gasteiger partial charge in [0, 0.05) is 40.7 Å². The van der Waals surface area contributed by atoms with Crippen LogP contribution in [0.2, 0.25) is 0 Å². The van der Waals surface area contributed by atoms with Crippen molar-refractivity contribution in [2.45, 2.75) is 31.3 Å². The predicted octanol–water partition coefficient (Wildman–Crippen LogP) is 6.47. The van der Waals surface area contributed by atoms with E-state index in [1.54, 1.807) is 44.4 Å². The van der Waals surface area contributed by atoms with Gasteiger partial charge in [0.15, 0.2) is 0 Å². The number of hydrogen-bond donors (Lipinski definition) is 2. The number of nitrogens with one attached hydrogen (secondary N) is 2. The molecule has 1 aliphatic rings. The van der Waals surface area contributed by atoms with Crippen molar-refractivity contribution in [3.63, 3.8) is 0 Å². The van der Waals surface area contributed by atoms with E-state index in [0.29, 0.717) is 40.5 Å². The quantitative estimate of drug-likeness (QED) is 0.147. The van der Waals surface area contributed by atoms with Gasteiger partial charge in [0.25, 0.3) is 5.91 Å². The third-order valence-corrected chi connectivity index (χ3v) is 9.06. The molecule has 5 rings (SSSR count). The summed E-state index contributed by atoms with van der Waals surface area (Å²) in [5, 5.41) is 6.41. The molecule has 0 saturated carbocycles. The number of hydrogen-bond acceptors (Lipinski definition) is 8. The highest BCUT2D eigenvalue weighted by atomic mass is 32.2. The maximum atomic E-state index is 13.1. The molecule has 2 amide bonds. The van der Waals surface area contributed by atoms with E-state index in [4.69, 9.17) is 9.47 Å². The van der Waals surface area contributed by atoms with Crippen LogP contribution in [-0.4, -0.2) is 48.7 Å². The van der Waals surface area contributed by atoms with Crippen molar-refractivity contribution in [1.82, 2.24) is 4.90 Å². The van der Waals surface area contributed by atoms with Crippen molar-refractivity contribution >= 4 is 51.6 Å². The number of carbonyl (C=O) groups excluding carboxylic acids is 3. The van der Waals surface area contributed by atoms with Crippen LogP contribution in [0.3, 0.4) is 0 Å². The second-order valence-corrected chi connectivity index (χ2v) is 12.1. The molecule has 2 heterocycles.